The van der Waals surface area contributed by atoms with Gasteiger partial charge in [0.05, 0.1) is 0 Å². The van der Waals surface area contributed by atoms with Gasteiger partial charge in [0.2, 0.25) is 5.82 Å². The Morgan fingerprint density at radius 2 is 1.96 bits per heavy atom. The maximum atomic E-state index is 5.51. The molecular formula is C20H25N5O. The third-order valence-electron chi connectivity index (χ3n) is 5.08. The van der Waals surface area contributed by atoms with Crippen molar-refractivity contribution in [1.29, 1.82) is 0 Å². The van der Waals surface area contributed by atoms with Crippen LogP contribution in [0.3, 0.4) is 0 Å². The summed E-state index contributed by atoms with van der Waals surface area (Å²) in [4.78, 5) is 11.4. The molecule has 2 aromatic heterocycles. The van der Waals surface area contributed by atoms with Crippen molar-refractivity contribution in [2.45, 2.75) is 45.1 Å². The molecule has 6 nitrogen and oxygen atoms in total. The normalized spacial score (nSPS) is 15.5. The minimum absolute atomic E-state index is 0.509. The Bertz CT molecular complexity index is 818. The molecule has 0 radical (unpaired) electrons. The molecule has 3 heterocycles. The molecule has 0 spiro atoms. The first-order valence-electron chi connectivity index (χ1n) is 9.50. The molecule has 0 atom stereocenters. The highest BCUT2D eigenvalue weighted by atomic mass is 16.5. The highest BCUT2D eigenvalue weighted by Crippen LogP contribution is 2.30. The van der Waals surface area contributed by atoms with Crippen LogP contribution in [0.5, 0.6) is 0 Å². The standard InChI is InChI=1S/C20H25N5O/c1-2-3-12-24-15-11-21-19(24)17-9-13-25(14-10-17)20-22-18(23-26-20)16-7-5-4-6-8-16/h4-8,11,15,17H,2-3,9-10,12-14H2,1H3. The number of hydrogen-bond acceptors (Lipinski definition) is 5. The second-order valence-electron chi connectivity index (χ2n) is 6.86. The summed E-state index contributed by atoms with van der Waals surface area (Å²) in [6.45, 7) is 5.13. The molecule has 1 aliphatic rings. The number of rotatable bonds is 6. The molecule has 1 fully saturated rings. The van der Waals surface area contributed by atoms with Crippen molar-refractivity contribution in [2.75, 3.05) is 18.0 Å². The number of piperidine rings is 1. The zero-order chi connectivity index (χ0) is 17.8. The van der Waals surface area contributed by atoms with Crippen LogP contribution in [0.4, 0.5) is 6.01 Å². The Balaban J connectivity index is 1.40. The fourth-order valence-corrected chi connectivity index (χ4v) is 3.58. The molecule has 0 saturated carbocycles. The molecule has 3 aromatic rings. The molecule has 26 heavy (non-hydrogen) atoms. The lowest BCUT2D eigenvalue weighted by atomic mass is 9.96. The number of benzene rings is 1. The van der Waals surface area contributed by atoms with Crippen LogP contribution in [0.25, 0.3) is 11.4 Å². The number of imidazole rings is 1. The fraction of sp³-hybridized carbons (Fsp3) is 0.450. The van der Waals surface area contributed by atoms with Crippen molar-refractivity contribution in [3.05, 3.63) is 48.5 Å². The van der Waals surface area contributed by atoms with Gasteiger partial charge in [0, 0.05) is 43.5 Å². The van der Waals surface area contributed by atoms with E-state index < -0.39 is 0 Å². The van der Waals surface area contributed by atoms with E-state index in [1.165, 1.54) is 18.7 Å². The minimum atomic E-state index is 0.509. The predicted molar refractivity (Wildman–Crippen MR) is 101 cm³/mol. The van der Waals surface area contributed by atoms with Crippen LogP contribution in [0.2, 0.25) is 0 Å². The molecule has 0 unspecified atom stereocenters. The quantitative estimate of drug-likeness (QED) is 0.669. The van der Waals surface area contributed by atoms with Gasteiger partial charge >= 0.3 is 6.01 Å². The van der Waals surface area contributed by atoms with Gasteiger partial charge in [0.25, 0.3) is 0 Å². The summed E-state index contributed by atoms with van der Waals surface area (Å²) < 4.78 is 7.83. The number of aryl methyl sites for hydroxylation is 1. The lowest BCUT2D eigenvalue weighted by Gasteiger charge is -2.30. The van der Waals surface area contributed by atoms with Crippen LogP contribution in [0, 0.1) is 0 Å². The van der Waals surface area contributed by atoms with E-state index in [0.717, 1.165) is 38.0 Å². The molecule has 0 amide bonds. The smallest absolute Gasteiger partial charge is 0.324 e. The Kier molecular flexibility index (Phi) is 5.00. The maximum absolute atomic E-state index is 5.51. The first kappa shape index (κ1) is 16.8. The molecule has 1 aliphatic heterocycles. The lowest BCUT2D eigenvalue weighted by molar-refractivity contribution is 0.387. The monoisotopic (exact) mass is 351 g/mol. The predicted octanol–water partition coefficient (Wildman–Crippen LogP) is 4.12. The summed E-state index contributed by atoms with van der Waals surface area (Å²) in [6, 6.07) is 10.6. The second-order valence-corrected chi connectivity index (χ2v) is 6.86. The second kappa shape index (κ2) is 7.72. The van der Waals surface area contributed by atoms with Gasteiger partial charge in [-0.15, -0.1) is 0 Å². The van der Waals surface area contributed by atoms with E-state index in [1.807, 2.05) is 36.5 Å². The SMILES string of the molecule is CCCCn1ccnc1C1CCN(c2nc(-c3ccccc3)no2)CC1. The van der Waals surface area contributed by atoms with Gasteiger partial charge in [-0.3, -0.25) is 0 Å². The van der Waals surface area contributed by atoms with E-state index in [1.54, 1.807) is 0 Å². The van der Waals surface area contributed by atoms with Crippen LogP contribution in [-0.2, 0) is 6.54 Å². The van der Waals surface area contributed by atoms with Crippen LogP contribution >= 0.6 is 0 Å². The third kappa shape index (κ3) is 3.49. The molecule has 0 bridgehead atoms. The topological polar surface area (TPSA) is 60.0 Å². The van der Waals surface area contributed by atoms with Crippen molar-refractivity contribution >= 4 is 6.01 Å². The first-order valence-corrected chi connectivity index (χ1v) is 9.50. The van der Waals surface area contributed by atoms with Crippen LogP contribution in [0.15, 0.2) is 47.2 Å². The van der Waals surface area contributed by atoms with E-state index in [0.29, 0.717) is 17.8 Å². The zero-order valence-corrected chi connectivity index (χ0v) is 15.2. The first-order chi connectivity index (χ1) is 12.8. The van der Waals surface area contributed by atoms with Crippen LogP contribution < -0.4 is 4.90 Å². The van der Waals surface area contributed by atoms with Crippen molar-refractivity contribution in [3.8, 4) is 11.4 Å². The highest BCUT2D eigenvalue weighted by Gasteiger charge is 2.26. The van der Waals surface area contributed by atoms with Gasteiger partial charge in [0.15, 0.2) is 0 Å². The largest absolute Gasteiger partial charge is 0.335 e. The molecular weight excluding hydrogens is 326 g/mol. The summed E-state index contributed by atoms with van der Waals surface area (Å²) >= 11 is 0. The third-order valence-corrected chi connectivity index (χ3v) is 5.08. The Hall–Kier alpha value is -2.63. The van der Waals surface area contributed by atoms with Crippen molar-refractivity contribution in [1.82, 2.24) is 19.7 Å². The van der Waals surface area contributed by atoms with E-state index in [4.69, 9.17) is 4.52 Å². The molecule has 0 N–H and O–H groups in total. The zero-order valence-electron chi connectivity index (χ0n) is 15.2. The molecule has 136 valence electrons. The van der Waals surface area contributed by atoms with Gasteiger partial charge in [0.1, 0.15) is 5.82 Å². The summed E-state index contributed by atoms with van der Waals surface area (Å²) in [7, 11) is 0. The van der Waals surface area contributed by atoms with Crippen molar-refractivity contribution in [3.63, 3.8) is 0 Å². The number of aromatic nitrogens is 4. The molecule has 4 rings (SSSR count). The molecule has 1 aromatic carbocycles. The average Bonchev–Trinajstić information content (AvgIpc) is 3.37. The van der Waals surface area contributed by atoms with E-state index in [2.05, 4.69) is 37.7 Å². The van der Waals surface area contributed by atoms with Crippen molar-refractivity contribution in [2.24, 2.45) is 0 Å². The van der Waals surface area contributed by atoms with Gasteiger partial charge in [-0.05, 0) is 19.3 Å². The van der Waals surface area contributed by atoms with Gasteiger partial charge in [-0.2, -0.15) is 4.98 Å². The molecule has 1 saturated heterocycles. The summed E-state index contributed by atoms with van der Waals surface area (Å²) in [5.41, 5.74) is 0.982. The Morgan fingerprint density at radius 1 is 1.15 bits per heavy atom. The van der Waals surface area contributed by atoms with Crippen LogP contribution in [-0.4, -0.2) is 32.8 Å². The fourth-order valence-electron chi connectivity index (χ4n) is 3.58. The maximum Gasteiger partial charge on any atom is 0.324 e. The Morgan fingerprint density at radius 3 is 2.73 bits per heavy atom. The summed E-state index contributed by atoms with van der Waals surface area (Å²) in [5.74, 6) is 2.39. The van der Waals surface area contributed by atoms with Crippen molar-refractivity contribution < 1.29 is 4.52 Å². The van der Waals surface area contributed by atoms with Gasteiger partial charge in [-0.1, -0.05) is 48.8 Å². The summed E-state index contributed by atoms with van der Waals surface area (Å²) in [6.07, 6.45) is 8.57. The lowest BCUT2D eigenvalue weighted by Crippen LogP contribution is -2.34. The number of anilines is 1. The summed E-state index contributed by atoms with van der Waals surface area (Å²) in [5, 5.41) is 4.13. The van der Waals surface area contributed by atoms with E-state index in [9.17, 15) is 0 Å². The van der Waals surface area contributed by atoms with E-state index in [-0.39, 0.29) is 0 Å². The number of unbranched alkanes of at least 4 members (excludes halogenated alkanes) is 1. The van der Waals surface area contributed by atoms with E-state index >= 15 is 0 Å². The average molecular weight is 351 g/mol. The number of hydrogen-bond donors (Lipinski definition) is 0. The Labute approximate surface area is 153 Å². The highest BCUT2D eigenvalue weighted by molar-refractivity contribution is 5.55. The van der Waals surface area contributed by atoms with Gasteiger partial charge < -0.3 is 14.0 Å². The molecule has 6 heteroatoms. The van der Waals surface area contributed by atoms with Gasteiger partial charge in [-0.25, -0.2) is 4.98 Å². The number of nitrogens with zero attached hydrogens (tertiary/aromatic N) is 5. The minimum Gasteiger partial charge on any atom is -0.335 e. The van der Waals surface area contributed by atoms with Crippen LogP contribution in [0.1, 0.15) is 44.3 Å². The molecule has 0 aliphatic carbocycles.